The Balaban J connectivity index is 2.97. The molecular weight excluding hydrogens is 246 g/mol. The SMILES string of the molecule is CCC(CC)(NC(=O)c1ccnc(CN)c1)C(=O)O. The molecule has 0 fully saturated rings. The first kappa shape index (κ1) is 15.1. The van der Waals surface area contributed by atoms with Gasteiger partial charge in [-0.25, -0.2) is 4.79 Å². The summed E-state index contributed by atoms with van der Waals surface area (Å²) in [5.41, 5.74) is 5.17. The minimum atomic E-state index is -1.23. The number of amides is 1. The van der Waals surface area contributed by atoms with E-state index in [4.69, 9.17) is 5.73 Å². The zero-order valence-electron chi connectivity index (χ0n) is 11.1. The second-order valence-corrected chi connectivity index (χ2v) is 4.29. The summed E-state index contributed by atoms with van der Waals surface area (Å²) >= 11 is 0. The van der Waals surface area contributed by atoms with E-state index in [9.17, 15) is 14.7 Å². The summed E-state index contributed by atoms with van der Waals surface area (Å²) in [6, 6.07) is 3.10. The minimum absolute atomic E-state index is 0.229. The summed E-state index contributed by atoms with van der Waals surface area (Å²) in [7, 11) is 0. The predicted molar refractivity (Wildman–Crippen MR) is 70.5 cm³/mol. The highest BCUT2D eigenvalue weighted by atomic mass is 16.4. The maximum atomic E-state index is 12.1. The number of carboxylic acid groups (broad SMARTS) is 1. The Morgan fingerprint density at radius 3 is 2.53 bits per heavy atom. The zero-order valence-corrected chi connectivity index (χ0v) is 11.1. The van der Waals surface area contributed by atoms with Gasteiger partial charge in [-0.1, -0.05) is 13.8 Å². The van der Waals surface area contributed by atoms with Crippen molar-refractivity contribution >= 4 is 11.9 Å². The average molecular weight is 265 g/mol. The molecule has 6 heteroatoms. The summed E-state index contributed by atoms with van der Waals surface area (Å²) in [5.74, 6) is -1.46. The van der Waals surface area contributed by atoms with Crippen molar-refractivity contribution in [2.75, 3.05) is 0 Å². The highest BCUT2D eigenvalue weighted by molar-refractivity contribution is 5.97. The van der Waals surface area contributed by atoms with Gasteiger partial charge >= 0.3 is 5.97 Å². The molecule has 0 saturated carbocycles. The maximum absolute atomic E-state index is 12.1. The second kappa shape index (κ2) is 6.29. The molecule has 0 unspecified atom stereocenters. The van der Waals surface area contributed by atoms with Crippen molar-refractivity contribution in [2.45, 2.75) is 38.8 Å². The number of nitrogens with two attached hydrogens (primary N) is 1. The fourth-order valence-corrected chi connectivity index (χ4v) is 1.80. The first-order valence-electron chi connectivity index (χ1n) is 6.20. The maximum Gasteiger partial charge on any atom is 0.329 e. The monoisotopic (exact) mass is 265 g/mol. The van der Waals surface area contributed by atoms with E-state index in [1.54, 1.807) is 19.9 Å². The van der Waals surface area contributed by atoms with Gasteiger partial charge in [-0.05, 0) is 25.0 Å². The Labute approximate surface area is 112 Å². The standard InChI is InChI=1S/C13H19N3O3/c1-3-13(4-2,12(18)19)16-11(17)9-5-6-15-10(7-9)8-14/h5-7H,3-4,8,14H2,1-2H3,(H,16,17)(H,18,19). The molecule has 0 atom stereocenters. The number of carbonyl (C=O) groups is 2. The predicted octanol–water partition coefficient (Wildman–Crippen LogP) is 0.913. The van der Waals surface area contributed by atoms with E-state index in [2.05, 4.69) is 10.3 Å². The smallest absolute Gasteiger partial charge is 0.329 e. The number of nitrogens with one attached hydrogen (secondary N) is 1. The Morgan fingerprint density at radius 1 is 1.42 bits per heavy atom. The second-order valence-electron chi connectivity index (χ2n) is 4.29. The topological polar surface area (TPSA) is 105 Å². The van der Waals surface area contributed by atoms with Crippen LogP contribution in [-0.4, -0.2) is 27.5 Å². The zero-order chi connectivity index (χ0) is 14.5. The van der Waals surface area contributed by atoms with Crippen LogP contribution in [0, 0.1) is 0 Å². The molecule has 1 rings (SSSR count). The van der Waals surface area contributed by atoms with Crippen LogP contribution < -0.4 is 11.1 Å². The summed E-state index contributed by atoms with van der Waals surface area (Å²) in [6.45, 7) is 3.69. The molecule has 0 aliphatic carbocycles. The van der Waals surface area contributed by atoms with E-state index in [-0.39, 0.29) is 6.54 Å². The fourth-order valence-electron chi connectivity index (χ4n) is 1.80. The van der Waals surface area contributed by atoms with E-state index in [0.717, 1.165) is 0 Å². The molecule has 0 aromatic carbocycles. The van der Waals surface area contributed by atoms with Crippen molar-refractivity contribution in [3.63, 3.8) is 0 Å². The number of nitrogens with zero attached hydrogens (tertiary/aromatic N) is 1. The molecular formula is C13H19N3O3. The molecule has 1 amide bonds. The number of aromatic nitrogens is 1. The quantitative estimate of drug-likeness (QED) is 0.709. The van der Waals surface area contributed by atoms with Crippen molar-refractivity contribution in [3.05, 3.63) is 29.6 Å². The lowest BCUT2D eigenvalue weighted by Crippen LogP contribution is -2.53. The highest BCUT2D eigenvalue weighted by Crippen LogP contribution is 2.16. The average Bonchev–Trinajstić information content (AvgIpc) is 2.44. The molecule has 0 bridgehead atoms. The van der Waals surface area contributed by atoms with Crippen LogP contribution in [0.4, 0.5) is 0 Å². The van der Waals surface area contributed by atoms with E-state index in [1.165, 1.54) is 12.3 Å². The number of carboxylic acids is 1. The number of pyridine rings is 1. The molecule has 0 aliphatic rings. The van der Waals surface area contributed by atoms with Crippen LogP contribution in [0.1, 0.15) is 42.7 Å². The molecule has 1 aromatic rings. The molecule has 4 N–H and O–H groups in total. The summed E-state index contributed by atoms with van der Waals surface area (Å²) in [4.78, 5) is 27.4. The number of carbonyl (C=O) groups excluding carboxylic acids is 1. The van der Waals surface area contributed by atoms with Crippen LogP contribution in [0.25, 0.3) is 0 Å². The van der Waals surface area contributed by atoms with E-state index in [0.29, 0.717) is 24.1 Å². The van der Waals surface area contributed by atoms with Crippen LogP contribution >= 0.6 is 0 Å². The van der Waals surface area contributed by atoms with Crippen LogP contribution in [-0.2, 0) is 11.3 Å². The van der Waals surface area contributed by atoms with Crippen molar-refractivity contribution in [2.24, 2.45) is 5.73 Å². The first-order chi connectivity index (χ1) is 8.99. The molecule has 19 heavy (non-hydrogen) atoms. The largest absolute Gasteiger partial charge is 0.480 e. The van der Waals surface area contributed by atoms with Crippen LogP contribution in [0.5, 0.6) is 0 Å². The molecule has 0 aliphatic heterocycles. The van der Waals surface area contributed by atoms with E-state index >= 15 is 0 Å². The van der Waals surface area contributed by atoms with Crippen molar-refractivity contribution in [1.82, 2.24) is 10.3 Å². The number of hydrogen-bond acceptors (Lipinski definition) is 4. The van der Waals surface area contributed by atoms with Gasteiger partial charge in [-0.2, -0.15) is 0 Å². The third-order valence-electron chi connectivity index (χ3n) is 3.26. The van der Waals surface area contributed by atoms with Gasteiger partial charge in [0.2, 0.25) is 0 Å². The fraction of sp³-hybridized carbons (Fsp3) is 0.462. The van der Waals surface area contributed by atoms with Crippen molar-refractivity contribution in [1.29, 1.82) is 0 Å². The van der Waals surface area contributed by atoms with Gasteiger partial charge < -0.3 is 16.2 Å². The lowest BCUT2D eigenvalue weighted by atomic mass is 9.92. The number of hydrogen-bond donors (Lipinski definition) is 3. The molecule has 1 heterocycles. The Hall–Kier alpha value is -1.95. The lowest BCUT2D eigenvalue weighted by Gasteiger charge is -2.28. The van der Waals surface area contributed by atoms with Crippen LogP contribution in [0.15, 0.2) is 18.3 Å². The summed E-state index contributed by atoms with van der Waals surface area (Å²) < 4.78 is 0. The van der Waals surface area contributed by atoms with Gasteiger partial charge in [-0.3, -0.25) is 9.78 Å². The number of rotatable bonds is 6. The molecule has 0 saturated heterocycles. The van der Waals surface area contributed by atoms with Crippen LogP contribution in [0.3, 0.4) is 0 Å². The molecule has 6 nitrogen and oxygen atoms in total. The van der Waals surface area contributed by atoms with Gasteiger partial charge in [0.15, 0.2) is 0 Å². The molecule has 0 radical (unpaired) electrons. The van der Waals surface area contributed by atoms with Crippen molar-refractivity contribution in [3.8, 4) is 0 Å². The lowest BCUT2D eigenvalue weighted by molar-refractivity contribution is -0.144. The minimum Gasteiger partial charge on any atom is -0.480 e. The van der Waals surface area contributed by atoms with Gasteiger partial charge in [-0.15, -0.1) is 0 Å². The van der Waals surface area contributed by atoms with Crippen LogP contribution in [0.2, 0.25) is 0 Å². The molecule has 1 aromatic heterocycles. The molecule has 104 valence electrons. The Kier molecular flexibility index (Phi) is 5.00. The van der Waals surface area contributed by atoms with E-state index in [1.807, 2.05) is 0 Å². The number of aliphatic carboxylic acids is 1. The van der Waals surface area contributed by atoms with E-state index < -0.39 is 17.4 Å². The highest BCUT2D eigenvalue weighted by Gasteiger charge is 2.36. The third kappa shape index (κ3) is 3.29. The normalized spacial score (nSPS) is 11.1. The summed E-state index contributed by atoms with van der Waals surface area (Å²) in [5, 5.41) is 11.9. The first-order valence-corrected chi connectivity index (χ1v) is 6.20. The summed E-state index contributed by atoms with van der Waals surface area (Å²) in [6.07, 6.45) is 2.12. The third-order valence-corrected chi connectivity index (χ3v) is 3.26. The van der Waals surface area contributed by atoms with Crippen molar-refractivity contribution < 1.29 is 14.7 Å². The van der Waals surface area contributed by atoms with Gasteiger partial charge in [0, 0.05) is 18.3 Å². The van der Waals surface area contributed by atoms with Gasteiger partial charge in [0.1, 0.15) is 5.54 Å². The molecule has 0 spiro atoms. The van der Waals surface area contributed by atoms with Gasteiger partial charge in [0.25, 0.3) is 5.91 Å². The van der Waals surface area contributed by atoms with Gasteiger partial charge in [0.05, 0.1) is 5.69 Å². The Bertz CT molecular complexity index is 470. The Morgan fingerprint density at radius 2 is 2.05 bits per heavy atom.